The zero-order chi connectivity index (χ0) is 19.6. The van der Waals surface area contributed by atoms with Crippen LogP contribution in [0.2, 0.25) is 0 Å². The zero-order valence-corrected chi connectivity index (χ0v) is 14.5. The second-order valence-electron chi connectivity index (χ2n) is 5.24. The molecule has 0 saturated carbocycles. The summed E-state index contributed by atoms with van der Waals surface area (Å²) < 4.78 is 28.5. The number of nitrogens with two attached hydrogens (primary N) is 1. The van der Waals surface area contributed by atoms with E-state index in [1.165, 1.54) is 31.2 Å². The van der Waals surface area contributed by atoms with Gasteiger partial charge in [0.1, 0.15) is 16.9 Å². The molecular formula is C15H15N3O7S. The minimum absolute atomic E-state index is 0.0194. The summed E-state index contributed by atoms with van der Waals surface area (Å²) in [5.41, 5.74) is -1.43. The maximum absolute atomic E-state index is 11.9. The largest absolute Gasteiger partial charge is 0.506 e. The number of rotatable bonds is 5. The molecule has 2 rings (SSSR count). The molecule has 26 heavy (non-hydrogen) atoms. The van der Waals surface area contributed by atoms with E-state index in [1.54, 1.807) is 0 Å². The molecule has 0 aliphatic heterocycles. The Morgan fingerprint density at radius 1 is 1.15 bits per heavy atom. The monoisotopic (exact) mass is 381 g/mol. The van der Waals surface area contributed by atoms with Gasteiger partial charge in [-0.05, 0) is 38.1 Å². The molecule has 0 aliphatic carbocycles. The molecule has 138 valence electrons. The van der Waals surface area contributed by atoms with Gasteiger partial charge in [0.2, 0.25) is 0 Å². The highest BCUT2D eigenvalue weighted by Crippen LogP contribution is 2.29. The second kappa shape index (κ2) is 6.98. The first-order chi connectivity index (χ1) is 12.0. The van der Waals surface area contributed by atoms with Crippen molar-refractivity contribution in [2.45, 2.75) is 13.8 Å². The Balaban J connectivity index is 2.46. The number of carbonyl (C=O) groups is 1. The van der Waals surface area contributed by atoms with Crippen molar-refractivity contribution in [2.24, 2.45) is 10.1 Å². The van der Waals surface area contributed by atoms with Gasteiger partial charge in [0.15, 0.2) is 5.78 Å². The summed E-state index contributed by atoms with van der Waals surface area (Å²) in [6, 6.07) is 5.64. The fourth-order valence-electron chi connectivity index (χ4n) is 2.17. The third-order valence-electron chi connectivity index (χ3n) is 3.22. The fourth-order valence-corrected chi connectivity index (χ4v) is 2.63. The van der Waals surface area contributed by atoms with Crippen LogP contribution in [0.15, 0.2) is 38.5 Å². The average molecular weight is 381 g/mol. The van der Waals surface area contributed by atoms with E-state index < -0.39 is 38.9 Å². The van der Waals surface area contributed by atoms with Gasteiger partial charge in [0.05, 0.1) is 11.4 Å². The first-order valence-corrected chi connectivity index (χ1v) is 8.60. The predicted octanol–water partition coefficient (Wildman–Crippen LogP) is 1.01. The van der Waals surface area contributed by atoms with Crippen LogP contribution in [0.4, 0.5) is 11.4 Å². The maximum atomic E-state index is 11.9. The van der Waals surface area contributed by atoms with Gasteiger partial charge in [-0.15, -0.1) is 0 Å². The molecule has 0 fully saturated rings. The summed E-state index contributed by atoms with van der Waals surface area (Å²) in [6.45, 7) is 2.48. The Morgan fingerprint density at radius 2 is 1.73 bits per heavy atom. The van der Waals surface area contributed by atoms with Crippen molar-refractivity contribution in [3.05, 3.63) is 45.8 Å². The molecule has 0 radical (unpaired) electrons. The van der Waals surface area contributed by atoms with Gasteiger partial charge >= 0.3 is 5.63 Å². The van der Waals surface area contributed by atoms with Crippen LogP contribution in [-0.4, -0.2) is 30.1 Å². The zero-order valence-electron chi connectivity index (χ0n) is 13.7. The molecule has 1 heterocycles. The maximum Gasteiger partial charge on any atom is 0.351 e. The molecule has 0 saturated heterocycles. The molecule has 10 nitrogen and oxygen atoms in total. The quantitative estimate of drug-likeness (QED) is 0.442. The van der Waals surface area contributed by atoms with E-state index in [1.807, 2.05) is 0 Å². The van der Waals surface area contributed by atoms with Crippen LogP contribution in [0.5, 0.6) is 11.7 Å². The lowest BCUT2D eigenvalue weighted by Gasteiger charge is -2.08. The number of Topliss-reactive ketones (excluding diaryl/α,β-unsaturated/α-hetero) is 1. The highest BCUT2D eigenvalue weighted by molar-refractivity contribution is 7.90. The standard InChI is InChI=1S/C15H15N3O7S/c1-7(11-13(20)12(8(2)19)15(22)25-14(11)21)17-9-3-5-10(6-4-9)18-26(16,23)24/h3-6,18,20,22H,1-2H3,(H2,16,23,24). The minimum Gasteiger partial charge on any atom is -0.506 e. The van der Waals surface area contributed by atoms with E-state index in [9.17, 15) is 28.2 Å². The van der Waals surface area contributed by atoms with E-state index in [0.29, 0.717) is 5.69 Å². The Hall–Kier alpha value is -3.18. The molecule has 0 bridgehead atoms. The topological polar surface area (TPSA) is 172 Å². The van der Waals surface area contributed by atoms with Crippen LogP contribution in [0.1, 0.15) is 29.8 Å². The van der Waals surface area contributed by atoms with E-state index in [2.05, 4.69) is 14.1 Å². The number of anilines is 1. The molecule has 0 spiro atoms. The number of hydrogen-bond donors (Lipinski definition) is 4. The van der Waals surface area contributed by atoms with Gasteiger partial charge in [0, 0.05) is 5.69 Å². The molecule has 5 N–H and O–H groups in total. The number of benzene rings is 1. The number of ketones is 1. The van der Waals surface area contributed by atoms with Crippen molar-refractivity contribution >= 4 is 33.1 Å². The molecule has 0 atom stereocenters. The Labute approximate surface area is 147 Å². The summed E-state index contributed by atoms with van der Waals surface area (Å²) in [5.74, 6) is -2.41. The van der Waals surface area contributed by atoms with Crippen molar-refractivity contribution in [2.75, 3.05) is 4.72 Å². The summed E-state index contributed by atoms with van der Waals surface area (Å²) in [7, 11) is -3.91. The van der Waals surface area contributed by atoms with Gasteiger partial charge in [0.25, 0.3) is 16.2 Å². The van der Waals surface area contributed by atoms with Crippen molar-refractivity contribution in [3.8, 4) is 11.7 Å². The van der Waals surface area contributed by atoms with Crippen LogP contribution in [0.3, 0.4) is 0 Å². The van der Waals surface area contributed by atoms with Crippen LogP contribution >= 0.6 is 0 Å². The van der Waals surface area contributed by atoms with Crippen LogP contribution in [0.25, 0.3) is 0 Å². The van der Waals surface area contributed by atoms with E-state index in [-0.39, 0.29) is 17.0 Å². The highest BCUT2D eigenvalue weighted by atomic mass is 32.2. The smallest absolute Gasteiger partial charge is 0.351 e. The molecule has 2 aromatic rings. The van der Waals surface area contributed by atoms with Crippen LogP contribution in [-0.2, 0) is 10.2 Å². The predicted molar refractivity (Wildman–Crippen MR) is 93.4 cm³/mol. The van der Waals surface area contributed by atoms with Crippen LogP contribution in [0, 0.1) is 0 Å². The summed E-state index contributed by atoms with van der Waals surface area (Å²) in [5, 5.41) is 24.5. The number of carbonyl (C=O) groups excluding carboxylic acids is 1. The van der Waals surface area contributed by atoms with Gasteiger partial charge in [-0.1, -0.05) is 0 Å². The molecule has 0 amide bonds. The fraction of sp³-hybridized carbons (Fsp3) is 0.133. The SMILES string of the molecule is CC(=O)c1c(O)oc(=O)c(C(C)=Nc2ccc(NS(N)(=O)=O)cc2)c1O. The first kappa shape index (κ1) is 19.1. The lowest BCUT2D eigenvalue weighted by atomic mass is 10.1. The van der Waals surface area contributed by atoms with Crippen LogP contribution < -0.4 is 15.5 Å². The van der Waals surface area contributed by atoms with Crippen molar-refractivity contribution in [3.63, 3.8) is 0 Å². The average Bonchev–Trinajstić information content (AvgIpc) is 2.46. The van der Waals surface area contributed by atoms with Gasteiger partial charge in [-0.2, -0.15) is 8.42 Å². The van der Waals surface area contributed by atoms with Crippen molar-refractivity contribution in [1.29, 1.82) is 0 Å². The van der Waals surface area contributed by atoms with Gasteiger partial charge in [-0.3, -0.25) is 14.5 Å². The number of aliphatic imine (C=N–C) groups is 1. The van der Waals surface area contributed by atoms with E-state index in [4.69, 9.17) is 5.14 Å². The van der Waals surface area contributed by atoms with Gasteiger partial charge in [-0.25, -0.2) is 9.93 Å². The Kier molecular flexibility index (Phi) is 5.14. The van der Waals surface area contributed by atoms with E-state index >= 15 is 0 Å². The molecule has 0 aliphatic rings. The third-order valence-corrected chi connectivity index (χ3v) is 3.74. The van der Waals surface area contributed by atoms with Crippen molar-refractivity contribution in [1.82, 2.24) is 0 Å². The van der Waals surface area contributed by atoms with Gasteiger partial charge < -0.3 is 14.6 Å². The number of nitrogens with one attached hydrogen (secondary N) is 1. The summed E-state index contributed by atoms with van der Waals surface area (Å²) in [4.78, 5) is 27.5. The number of aromatic hydroxyl groups is 2. The number of hydrogen-bond acceptors (Lipinski definition) is 8. The number of nitrogens with zero attached hydrogens (tertiary/aromatic N) is 1. The lowest BCUT2D eigenvalue weighted by molar-refractivity contribution is 0.100. The summed E-state index contributed by atoms with van der Waals surface area (Å²) in [6.07, 6.45) is 0. The highest BCUT2D eigenvalue weighted by Gasteiger charge is 2.23. The Morgan fingerprint density at radius 3 is 2.23 bits per heavy atom. The first-order valence-electron chi connectivity index (χ1n) is 7.06. The molecule has 1 aromatic carbocycles. The lowest BCUT2D eigenvalue weighted by Crippen LogP contribution is -2.21. The Bertz CT molecular complexity index is 1050. The molecule has 0 unspecified atom stereocenters. The molecule has 1 aromatic heterocycles. The normalized spacial score (nSPS) is 12.0. The third kappa shape index (κ3) is 4.26. The second-order valence-corrected chi connectivity index (χ2v) is 6.53. The summed E-state index contributed by atoms with van der Waals surface area (Å²) >= 11 is 0. The van der Waals surface area contributed by atoms with Crippen molar-refractivity contribution < 1.29 is 27.8 Å². The van der Waals surface area contributed by atoms with E-state index in [0.717, 1.165) is 6.92 Å². The minimum atomic E-state index is -3.91. The molecular weight excluding hydrogens is 366 g/mol. The molecule has 11 heteroatoms.